The van der Waals surface area contributed by atoms with E-state index in [9.17, 15) is 4.79 Å². The van der Waals surface area contributed by atoms with Gasteiger partial charge in [-0.2, -0.15) is 0 Å². The molecular formula is C15H20N4O2. The average molecular weight is 288 g/mol. The molecule has 1 aliphatic rings. The maximum Gasteiger partial charge on any atom is 0.227 e. The van der Waals surface area contributed by atoms with E-state index in [1.807, 2.05) is 28.9 Å². The summed E-state index contributed by atoms with van der Waals surface area (Å²) in [5.41, 5.74) is 7.27. The van der Waals surface area contributed by atoms with E-state index < -0.39 is 5.41 Å². The molecule has 0 unspecified atom stereocenters. The molecule has 3 rings (SSSR count). The van der Waals surface area contributed by atoms with Crippen molar-refractivity contribution in [2.24, 2.45) is 11.1 Å². The van der Waals surface area contributed by atoms with Crippen molar-refractivity contribution in [3.05, 3.63) is 36.3 Å². The number of carbonyl (C=O) groups is 1. The number of nitrogens with zero attached hydrogens (tertiary/aromatic N) is 2. The summed E-state index contributed by atoms with van der Waals surface area (Å²) in [7, 11) is 0. The summed E-state index contributed by atoms with van der Waals surface area (Å²) < 4.78 is 7.27. The summed E-state index contributed by atoms with van der Waals surface area (Å²) in [5.74, 6) is 0.0246. The van der Waals surface area contributed by atoms with Crippen molar-refractivity contribution >= 4 is 11.6 Å². The van der Waals surface area contributed by atoms with Crippen molar-refractivity contribution in [3.8, 4) is 0 Å². The Bertz CT molecular complexity index is 631. The van der Waals surface area contributed by atoms with Crippen LogP contribution in [0.2, 0.25) is 0 Å². The first-order chi connectivity index (χ1) is 10.2. The highest BCUT2D eigenvalue weighted by Crippen LogP contribution is 2.29. The lowest BCUT2D eigenvalue weighted by molar-refractivity contribution is -0.136. The largest absolute Gasteiger partial charge is 0.381 e. The van der Waals surface area contributed by atoms with Gasteiger partial charge in [-0.3, -0.25) is 4.79 Å². The average Bonchev–Trinajstić information content (AvgIpc) is 3.00. The molecule has 6 nitrogen and oxygen atoms in total. The topological polar surface area (TPSA) is 81.7 Å². The van der Waals surface area contributed by atoms with E-state index >= 15 is 0 Å². The van der Waals surface area contributed by atoms with E-state index in [0.29, 0.717) is 39.1 Å². The number of hydrogen-bond acceptors (Lipinski definition) is 4. The summed E-state index contributed by atoms with van der Waals surface area (Å²) in [6, 6.07) is 3.95. The Morgan fingerprint density at radius 1 is 1.43 bits per heavy atom. The Kier molecular flexibility index (Phi) is 3.90. The normalized spacial score (nSPS) is 17.8. The van der Waals surface area contributed by atoms with Crippen molar-refractivity contribution in [2.75, 3.05) is 19.8 Å². The zero-order chi connectivity index (χ0) is 14.7. The van der Waals surface area contributed by atoms with E-state index in [0.717, 1.165) is 11.2 Å². The van der Waals surface area contributed by atoms with Crippen LogP contribution in [0.15, 0.2) is 30.7 Å². The molecule has 0 bridgehead atoms. The van der Waals surface area contributed by atoms with Crippen LogP contribution >= 0.6 is 0 Å². The van der Waals surface area contributed by atoms with Crippen molar-refractivity contribution in [1.82, 2.24) is 14.7 Å². The van der Waals surface area contributed by atoms with Gasteiger partial charge in [-0.05, 0) is 30.5 Å². The fraction of sp³-hybridized carbons (Fsp3) is 0.467. The van der Waals surface area contributed by atoms with Crippen LogP contribution in [-0.4, -0.2) is 35.1 Å². The molecule has 1 saturated heterocycles. The summed E-state index contributed by atoms with van der Waals surface area (Å²) >= 11 is 0. The molecule has 3 heterocycles. The molecule has 3 N–H and O–H groups in total. The Morgan fingerprint density at radius 2 is 2.24 bits per heavy atom. The van der Waals surface area contributed by atoms with Crippen molar-refractivity contribution in [3.63, 3.8) is 0 Å². The Morgan fingerprint density at radius 3 is 3.00 bits per heavy atom. The molecule has 0 radical (unpaired) electrons. The van der Waals surface area contributed by atoms with Gasteiger partial charge in [0.05, 0.1) is 5.41 Å². The SMILES string of the molecule is NCC1(C(=O)NCc2ccn3ccnc3c2)CCOCC1. The minimum absolute atomic E-state index is 0.0246. The minimum Gasteiger partial charge on any atom is -0.381 e. The van der Waals surface area contributed by atoms with Gasteiger partial charge in [-0.15, -0.1) is 0 Å². The maximum atomic E-state index is 12.5. The van der Waals surface area contributed by atoms with Gasteiger partial charge in [-0.25, -0.2) is 4.98 Å². The molecule has 0 aliphatic carbocycles. The summed E-state index contributed by atoms with van der Waals surface area (Å²) in [5, 5.41) is 3.01. The van der Waals surface area contributed by atoms with E-state index in [2.05, 4.69) is 10.3 Å². The standard InChI is InChI=1S/C15H20N4O2/c16-11-15(2-7-21-8-3-15)14(20)18-10-12-1-5-19-6-4-17-13(19)9-12/h1,4-6,9H,2-3,7-8,10-11,16H2,(H,18,20). The van der Waals surface area contributed by atoms with Crippen LogP contribution in [0.4, 0.5) is 0 Å². The Hall–Kier alpha value is -1.92. The highest BCUT2D eigenvalue weighted by molar-refractivity contribution is 5.83. The molecule has 21 heavy (non-hydrogen) atoms. The molecule has 1 aliphatic heterocycles. The number of amides is 1. The molecule has 2 aromatic rings. The quantitative estimate of drug-likeness (QED) is 0.868. The van der Waals surface area contributed by atoms with Crippen LogP contribution in [0, 0.1) is 5.41 Å². The second-order valence-electron chi connectivity index (χ2n) is 5.51. The van der Waals surface area contributed by atoms with Crippen LogP contribution in [-0.2, 0) is 16.1 Å². The molecule has 0 saturated carbocycles. The van der Waals surface area contributed by atoms with Crippen LogP contribution in [0.3, 0.4) is 0 Å². The predicted molar refractivity (Wildman–Crippen MR) is 78.6 cm³/mol. The van der Waals surface area contributed by atoms with Gasteiger partial charge in [0.1, 0.15) is 5.65 Å². The Labute approximate surface area is 123 Å². The fourth-order valence-corrected chi connectivity index (χ4v) is 2.72. The van der Waals surface area contributed by atoms with Gasteiger partial charge in [0.15, 0.2) is 0 Å². The molecular weight excluding hydrogens is 268 g/mol. The number of pyridine rings is 1. The van der Waals surface area contributed by atoms with Crippen molar-refractivity contribution in [1.29, 1.82) is 0 Å². The highest BCUT2D eigenvalue weighted by Gasteiger charge is 2.38. The summed E-state index contributed by atoms with van der Waals surface area (Å²) in [6.45, 7) is 2.06. The van der Waals surface area contributed by atoms with Gasteiger partial charge in [0, 0.05) is 44.9 Å². The second kappa shape index (κ2) is 5.83. The first-order valence-electron chi connectivity index (χ1n) is 7.21. The lowest BCUT2D eigenvalue weighted by Gasteiger charge is -2.34. The van der Waals surface area contributed by atoms with E-state index in [1.165, 1.54) is 0 Å². The number of nitrogens with two attached hydrogens (primary N) is 1. The van der Waals surface area contributed by atoms with Gasteiger partial charge in [0.25, 0.3) is 0 Å². The van der Waals surface area contributed by atoms with Crippen molar-refractivity contribution < 1.29 is 9.53 Å². The third kappa shape index (κ3) is 2.77. The van der Waals surface area contributed by atoms with Gasteiger partial charge >= 0.3 is 0 Å². The van der Waals surface area contributed by atoms with E-state index in [-0.39, 0.29) is 5.91 Å². The zero-order valence-electron chi connectivity index (χ0n) is 11.9. The zero-order valence-corrected chi connectivity index (χ0v) is 11.9. The number of aromatic nitrogens is 2. The number of imidazole rings is 1. The van der Waals surface area contributed by atoms with E-state index in [1.54, 1.807) is 6.20 Å². The molecule has 0 atom stereocenters. The summed E-state index contributed by atoms with van der Waals surface area (Å²) in [4.78, 5) is 16.7. The molecule has 0 aromatic carbocycles. The Balaban J connectivity index is 1.66. The van der Waals surface area contributed by atoms with Gasteiger partial charge < -0.3 is 20.2 Å². The number of fused-ring (bicyclic) bond motifs is 1. The maximum absolute atomic E-state index is 12.5. The first kappa shape index (κ1) is 14.0. The molecule has 6 heteroatoms. The third-order valence-corrected chi connectivity index (χ3v) is 4.24. The van der Waals surface area contributed by atoms with Crippen LogP contribution in [0.25, 0.3) is 5.65 Å². The monoisotopic (exact) mass is 288 g/mol. The number of hydrogen-bond donors (Lipinski definition) is 2. The molecule has 1 fully saturated rings. The molecule has 1 amide bonds. The van der Waals surface area contributed by atoms with Crippen LogP contribution in [0.5, 0.6) is 0 Å². The number of ether oxygens (including phenoxy) is 1. The van der Waals surface area contributed by atoms with Crippen LogP contribution < -0.4 is 11.1 Å². The molecule has 112 valence electrons. The fourth-order valence-electron chi connectivity index (χ4n) is 2.72. The first-order valence-corrected chi connectivity index (χ1v) is 7.21. The van der Waals surface area contributed by atoms with Crippen molar-refractivity contribution in [2.45, 2.75) is 19.4 Å². The number of rotatable bonds is 4. The third-order valence-electron chi connectivity index (χ3n) is 4.24. The minimum atomic E-state index is -0.477. The molecule has 0 spiro atoms. The number of nitrogens with one attached hydrogen (secondary N) is 1. The van der Waals surface area contributed by atoms with Gasteiger partial charge in [0.2, 0.25) is 5.91 Å². The second-order valence-corrected chi connectivity index (χ2v) is 5.51. The van der Waals surface area contributed by atoms with Gasteiger partial charge in [-0.1, -0.05) is 0 Å². The van der Waals surface area contributed by atoms with Crippen LogP contribution in [0.1, 0.15) is 18.4 Å². The highest BCUT2D eigenvalue weighted by atomic mass is 16.5. The number of carbonyl (C=O) groups excluding carboxylic acids is 1. The molecule has 2 aromatic heterocycles. The smallest absolute Gasteiger partial charge is 0.227 e. The predicted octanol–water partition coefficient (Wildman–Crippen LogP) is 0.706. The lowest BCUT2D eigenvalue weighted by atomic mass is 9.79. The van der Waals surface area contributed by atoms with E-state index in [4.69, 9.17) is 10.5 Å². The summed E-state index contributed by atoms with van der Waals surface area (Å²) in [6.07, 6.45) is 6.96. The lowest BCUT2D eigenvalue weighted by Crippen LogP contribution is -2.48.